The SMILES string of the molecule is O=C(O)C1CN(C(=O)N(CCCO)C2CCC2)C1. The van der Waals surface area contributed by atoms with Crippen molar-refractivity contribution in [2.75, 3.05) is 26.2 Å². The molecule has 6 heteroatoms. The molecule has 2 amide bonds. The number of carbonyl (C=O) groups excluding carboxylic acids is 1. The molecule has 0 atom stereocenters. The Balaban J connectivity index is 1.86. The van der Waals surface area contributed by atoms with Crippen LogP contribution in [0.5, 0.6) is 0 Å². The fourth-order valence-electron chi connectivity index (χ4n) is 2.35. The van der Waals surface area contributed by atoms with E-state index in [4.69, 9.17) is 10.2 Å². The number of hydrogen-bond donors (Lipinski definition) is 2. The molecule has 0 aromatic carbocycles. The summed E-state index contributed by atoms with van der Waals surface area (Å²) in [5, 5.41) is 17.7. The number of hydrogen-bond acceptors (Lipinski definition) is 3. The first-order valence-corrected chi connectivity index (χ1v) is 6.52. The molecule has 0 bridgehead atoms. The van der Waals surface area contributed by atoms with E-state index < -0.39 is 11.9 Å². The van der Waals surface area contributed by atoms with Crippen LogP contribution in [0, 0.1) is 5.92 Å². The van der Waals surface area contributed by atoms with Crippen molar-refractivity contribution in [3.63, 3.8) is 0 Å². The molecule has 1 saturated carbocycles. The largest absolute Gasteiger partial charge is 0.481 e. The van der Waals surface area contributed by atoms with Crippen LogP contribution < -0.4 is 0 Å². The van der Waals surface area contributed by atoms with Gasteiger partial charge < -0.3 is 20.0 Å². The maximum atomic E-state index is 12.2. The standard InChI is InChI=1S/C12H20N2O4/c15-6-2-5-14(10-3-1-4-10)12(18)13-7-9(8-13)11(16)17/h9-10,15H,1-8H2,(H,16,17). The van der Waals surface area contributed by atoms with Crippen molar-refractivity contribution < 1.29 is 19.8 Å². The maximum absolute atomic E-state index is 12.2. The molecule has 6 nitrogen and oxygen atoms in total. The molecule has 2 aliphatic rings. The van der Waals surface area contributed by atoms with Crippen LogP contribution in [0.3, 0.4) is 0 Å². The second-order valence-electron chi connectivity index (χ2n) is 5.08. The number of carboxylic acid groups (broad SMARTS) is 1. The summed E-state index contributed by atoms with van der Waals surface area (Å²) < 4.78 is 0. The molecule has 1 aliphatic carbocycles. The van der Waals surface area contributed by atoms with E-state index >= 15 is 0 Å². The molecule has 1 saturated heterocycles. The van der Waals surface area contributed by atoms with E-state index in [1.807, 2.05) is 0 Å². The van der Waals surface area contributed by atoms with Crippen molar-refractivity contribution in [1.82, 2.24) is 9.80 Å². The van der Waals surface area contributed by atoms with Gasteiger partial charge in [-0.1, -0.05) is 0 Å². The lowest BCUT2D eigenvalue weighted by atomic mass is 9.91. The summed E-state index contributed by atoms with van der Waals surface area (Å²) in [7, 11) is 0. The number of likely N-dealkylation sites (tertiary alicyclic amines) is 1. The highest BCUT2D eigenvalue weighted by Crippen LogP contribution is 2.27. The Kier molecular flexibility index (Phi) is 4.06. The van der Waals surface area contributed by atoms with Gasteiger partial charge in [-0.3, -0.25) is 4.79 Å². The quantitative estimate of drug-likeness (QED) is 0.744. The zero-order valence-corrected chi connectivity index (χ0v) is 10.4. The molecule has 1 aliphatic heterocycles. The predicted molar refractivity (Wildman–Crippen MR) is 64.1 cm³/mol. The fraction of sp³-hybridized carbons (Fsp3) is 0.833. The number of amides is 2. The summed E-state index contributed by atoms with van der Waals surface area (Å²) >= 11 is 0. The molecule has 102 valence electrons. The Morgan fingerprint density at radius 1 is 1.28 bits per heavy atom. The third kappa shape index (κ3) is 2.58. The molecule has 1 heterocycles. The van der Waals surface area contributed by atoms with Crippen molar-refractivity contribution in [3.05, 3.63) is 0 Å². The van der Waals surface area contributed by atoms with E-state index in [0.29, 0.717) is 26.1 Å². The highest BCUT2D eigenvalue weighted by molar-refractivity contribution is 5.80. The first-order chi connectivity index (χ1) is 8.63. The Labute approximate surface area is 106 Å². The van der Waals surface area contributed by atoms with E-state index in [1.54, 1.807) is 9.80 Å². The Morgan fingerprint density at radius 2 is 1.94 bits per heavy atom. The van der Waals surface area contributed by atoms with Crippen molar-refractivity contribution in [2.45, 2.75) is 31.7 Å². The number of carbonyl (C=O) groups is 2. The number of aliphatic hydroxyl groups excluding tert-OH is 1. The number of nitrogens with zero attached hydrogens (tertiary/aromatic N) is 2. The van der Waals surface area contributed by atoms with Gasteiger partial charge in [-0.15, -0.1) is 0 Å². The van der Waals surface area contributed by atoms with E-state index in [-0.39, 0.29) is 18.7 Å². The number of carboxylic acids is 1. The van der Waals surface area contributed by atoms with Crippen LogP contribution in [0.25, 0.3) is 0 Å². The number of rotatable bonds is 5. The zero-order chi connectivity index (χ0) is 13.1. The van der Waals surface area contributed by atoms with Crippen LogP contribution in [0.2, 0.25) is 0 Å². The first-order valence-electron chi connectivity index (χ1n) is 6.52. The monoisotopic (exact) mass is 256 g/mol. The van der Waals surface area contributed by atoms with Gasteiger partial charge in [0.15, 0.2) is 0 Å². The highest BCUT2D eigenvalue weighted by Gasteiger charge is 2.39. The summed E-state index contributed by atoms with van der Waals surface area (Å²) in [6.45, 7) is 1.27. The van der Waals surface area contributed by atoms with Crippen LogP contribution in [0.15, 0.2) is 0 Å². The minimum atomic E-state index is -0.829. The van der Waals surface area contributed by atoms with Crippen LogP contribution in [0.1, 0.15) is 25.7 Å². The topological polar surface area (TPSA) is 81.1 Å². The molecule has 0 aromatic heterocycles. The molecule has 0 unspecified atom stereocenters. The third-order valence-corrected chi connectivity index (χ3v) is 3.82. The molecular weight excluding hydrogens is 236 g/mol. The van der Waals surface area contributed by atoms with Gasteiger partial charge in [0.05, 0.1) is 5.92 Å². The minimum absolute atomic E-state index is 0.0642. The van der Waals surface area contributed by atoms with Gasteiger partial charge in [-0.25, -0.2) is 4.79 Å². The van der Waals surface area contributed by atoms with Gasteiger partial charge in [-0.05, 0) is 25.7 Å². The smallest absolute Gasteiger partial charge is 0.320 e. The first kappa shape index (κ1) is 13.1. The summed E-state index contributed by atoms with van der Waals surface area (Å²) in [5.74, 6) is -1.24. The van der Waals surface area contributed by atoms with E-state index in [2.05, 4.69) is 0 Å². The average Bonchev–Trinajstić information content (AvgIpc) is 2.18. The van der Waals surface area contributed by atoms with E-state index in [1.165, 1.54) is 0 Å². The number of aliphatic hydroxyl groups is 1. The molecule has 2 rings (SSSR count). The van der Waals surface area contributed by atoms with Gasteiger partial charge in [0, 0.05) is 32.3 Å². The van der Waals surface area contributed by atoms with Gasteiger partial charge in [0.1, 0.15) is 0 Å². The molecule has 2 N–H and O–H groups in total. The van der Waals surface area contributed by atoms with Gasteiger partial charge in [-0.2, -0.15) is 0 Å². The van der Waals surface area contributed by atoms with Crippen molar-refractivity contribution in [1.29, 1.82) is 0 Å². The summed E-state index contributed by atoms with van der Waals surface area (Å²) in [6.07, 6.45) is 3.77. The molecule has 0 radical (unpaired) electrons. The average molecular weight is 256 g/mol. The third-order valence-electron chi connectivity index (χ3n) is 3.82. The Hall–Kier alpha value is -1.30. The molecule has 2 fully saturated rings. The van der Waals surface area contributed by atoms with Gasteiger partial charge in [0.25, 0.3) is 0 Å². The number of urea groups is 1. The van der Waals surface area contributed by atoms with Crippen molar-refractivity contribution >= 4 is 12.0 Å². The summed E-state index contributed by atoms with van der Waals surface area (Å²) in [5.41, 5.74) is 0. The maximum Gasteiger partial charge on any atom is 0.320 e. The Morgan fingerprint density at radius 3 is 2.39 bits per heavy atom. The molecule has 0 aromatic rings. The molecular formula is C12H20N2O4. The molecule has 0 spiro atoms. The van der Waals surface area contributed by atoms with Crippen LogP contribution in [0.4, 0.5) is 4.79 Å². The summed E-state index contributed by atoms with van der Waals surface area (Å²) in [6, 6.07) is 0.221. The zero-order valence-electron chi connectivity index (χ0n) is 10.4. The normalized spacial score (nSPS) is 20.2. The second-order valence-corrected chi connectivity index (χ2v) is 5.08. The Bertz CT molecular complexity index is 324. The lowest BCUT2D eigenvalue weighted by molar-refractivity contribution is -0.146. The van der Waals surface area contributed by atoms with Crippen LogP contribution in [-0.2, 0) is 4.79 Å². The van der Waals surface area contributed by atoms with Crippen LogP contribution >= 0.6 is 0 Å². The van der Waals surface area contributed by atoms with Gasteiger partial charge >= 0.3 is 12.0 Å². The summed E-state index contributed by atoms with van der Waals surface area (Å²) in [4.78, 5) is 26.3. The predicted octanol–water partition coefficient (Wildman–Crippen LogP) is 0.360. The van der Waals surface area contributed by atoms with E-state index in [9.17, 15) is 9.59 Å². The lowest BCUT2D eigenvalue weighted by Crippen LogP contribution is -2.59. The van der Waals surface area contributed by atoms with Crippen LogP contribution in [-0.4, -0.2) is 64.3 Å². The van der Waals surface area contributed by atoms with E-state index in [0.717, 1.165) is 19.3 Å². The fourth-order valence-corrected chi connectivity index (χ4v) is 2.35. The minimum Gasteiger partial charge on any atom is -0.481 e. The van der Waals surface area contributed by atoms with Crippen molar-refractivity contribution in [2.24, 2.45) is 5.92 Å². The number of aliphatic carboxylic acids is 1. The van der Waals surface area contributed by atoms with Crippen molar-refractivity contribution in [3.8, 4) is 0 Å². The second kappa shape index (κ2) is 5.56. The highest BCUT2D eigenvalue weighted by atomic mass is 16.4. The molecule has 18 heavy (non-hydrogen) atoms. The lowest BCUT2D eigenvalue weighted by Gasteiger charge is -2.44. The van der Waals surface area contributed by atoms with Gasteiger partial charge in [0.2, 0.25) is 0 Å².